The molecule has 1 amide bonds. The minimum Gasteiger partial charge on any atom is -0.497 e. The summed E-state index contributed by atoms with van der Waals surface area (Å²) in [6, 6.07) is 11.1. The van der Waals surface area contributed by atoms with Gasteiger partial charge < -0.3 is 24.6 Å². The number of rotatable bonds is 8. The fourth-order valence-corrected chi connectivity index (χ4v) is 3.13. The van der Waals surface area contributed by atoms with Gasteiger partial charge in [0.1, 0.15) is 23.8 Å². The van der Waals surface area contributed by atoms with Crippen molar-refractivity contribution in [2.45, 2.75) is 6.92 Å². The molecule has 0 bridgehead atoms. The number of aromatic nitrogens is 1. The molecule has 2 aromatic rings. The average Bonchev–Trinajstić information content (AvgIpc) is 2.77. The van der Waals surface area contributed by atoms with Crippen molar-refractivity contribution in [1.82, 2.24) is 15.2 Å². The van der Waals surface area contributed by atoms with E-state index in [1.165, 1.54) is 0 Å². The summed E-state index contributed by atoms with van der Waals surface area (Å²) in [5.74, 6) is 1.32. The Kier molecular flexibility index (Phi) is 7.08. The lowest BCUT2D eigenvalue weighted by molar-refractivity contribution is 0.0942. The third-order valence-electron chi connectivity index (χ3n) is 4.88. The number of carbonyl (C=O) groups excluding carboxylic acids is 1. The van der Waals surface area contributed by atoms with Crippen LogP contribution in [0.5, 0.6) is 11.5 Å². The summed E-state index contributed by atoms with van der Waals surface area (Å²) in [6.07, 6.45) is 1.78. The first-order chi connectivity index (χ1) is 13.7. The van der Waals surface area contributed by atoms with E-state index in [1.54, 1.807) is 19.4 Å². The van der Waals surface area contributed by atoms with Gasteiger partial charge in [0.05, 0.1) is 25.5 Å². The second-order valence-corrected chi connectivity index (χ2v) is 6.60. The highest BCUT2D eigenvalue weighted by Gasteiger charge is 2.16. The lowest BCUT2D eigenvalue weighted by atomic mass is 10.2. The summed E-state index contributed by atoms with van der Waals surface area (Å²) in [4.78, 5) is 21.3. The molecule has 1 saturated heterocycles. The van der Waals surface area contributed by atoms with Gasteiger partial charge in [-0.15, -0.1) is 0 Å². The molecule has 2 heterocycles. The van der Waals surface area contributed by atoms with E-state index in [-0.39, 0.29) is 5.91 Å². The van der Waals surface area contributed by atoms with Gasteiger partial charge in [-0.1, -0.05) is 6.92 Å². The molecular weight excluding hydrogens is 356 g/mol. The van der Waals surface area contributed by atoms with Crippen LogP contribution in [0.3, 0.4) is 0 Å². The molecule has 1 aromatic carbocycles. The van der Waals surface area contributed by atoms with Crippen LogP contribution in [0.15, 0.2) is 42.6 Å². The van der Waals surface area contributed by atoms with Gasteiger partial charge in [-0.25, -0.2) is 4.98 Å². The first-order valence-corrected chi connectivity index (χ1v) is 9.68. The van der Waals surface area contributed by atoms with Crippen LogP contribution in [0.4, 0.5) is 5.69 Å². The molecule has 1 aliphatic heterocycles. The van der Waals surface area contributed by atoms with Crippen molar-refractivity contribution in [3.8, 4) is 11.5 Å². The minimum absolute atomic E-state index is 0.194. The molecule has 150 valence electrons. The number of likely N-dealkylation sites (N-methyl/N-ethyl adjacent to an activating group) is 1. The van der Waals surface area contributed by atoms with Crippen LogP contribution in [0.1, 0.15) is 17.4 Å². The van der Waals surface area contributed by atoms with E-state index in [9.17, 15) is 4.79 Å². The van der Waals surface area contributed by atoms with Crippen molar-refractivity contribution in [1.29, 1.82) is 0 Å². The monoisotopic (exact) mass is 384 g/mol. The van der Waals surface area contributed by atoms with Crippen molar-refractivity contribution in [2.24, 2.45) is 0 Å². The topological polar surface area (TPSA) is 66.9 Å². The number of benzene rings is 1. The number of carbonyl (C=O) groups is 1. The fraction of sp³-hybridized carbons (Fsp3) is 0.429. The largest absolute Gasteiger partial charge is 0.497 e. The number of ether oxygens (including phenoxy) is 2. The Morgan fingerprint density at radius 1 is 1.07 bits per heavy atom. The van der Waals surface area contributed by atoms with Gasteiger partial charge in [0.25, 0.3) is 5.91 Å². The third kappa shape index (κ3) is 5.36. The minimum atomic E-state index is -0.194. The normalized spacial score (nSPS) is 14.6. The molecular formula is C21H28N4O3. The Labute approximate surface area is 166 Å². The van der Waals surface area contributed by atoms with Crippen molar-refractivity contribution >= 4 is 11.6 Å². The zero-order chi connectivity index (χ0) is 19.8. The van der Waals surface area contributed by atoms with Crippen LogP contribution in [0.2, 0.25) is 0 Å². The van der Waals surface area contributed by atoms with E-state index >= 15 is 0 Å². The van der Waals surface area contributed by atoms with Gasteiger partial charge in [-0.2, -0.15) is 0 Å². The first-order valence-electron chi connectivity index (χ1n) is 9.68. The predicted octanol–water partition coefficient (Wildman–Crippen LogP) is 2.04. The third-order valence-corrected chi connectivity index (χ3v) is 4.88. The van der Waals surface area contributed by atoms with Crippen LogP contribution in [-0.2, 0) is 0 Å². The van der Waals surface area contributed by atoms with Crippen molar-refractivity contribution in [2.75, 3.05) is 57.9 Å². The summed E-state index contributed by atoms with van der Waals surface area (Å²) in [5, 5.41) is 2.83. The van der Waals surface area contributed by atoms with E-state index in [0.29, 0.717) is 18.8 Å². The molecule has 7 nitrogen and oxygen atoms in total. The number of amides is 1. The Hall–Kier alpha value is -2.80. The molecule has 1 fully saturated rings. The second-order valence-electron chi connectivity index (χ2n) is 6.60. The molecule has 0 saturated carbocycles. The zero-order valence-corrected chi connectivity index (χ0v) is 16.6. The number of nitrogens with one attached hydrogen (secondary N) is 1. The van der Waals surface area contributed by atoms with Gasteiger partial charge in [0.2, 0.25) is 0 Å². The van der Waals surface area contributed by atoms with Crippen LogP contribution in [0, 0.1) is 0 Å². The first kappa shape index (κ1) is 19.9. The number of hydrogen-bond donors (Lipinski definition) is 1. The fourth-order valence-electron chi connectivity index (χ4n) is 3.13. The molecule has 0 unspecified atom stereocenters. The van der Waals surface area contributed by atoms with Crippen molar-refractivity contribution < 1.29 is 14.3 Å². The standard InChI is InChI=1S/C21H28N4O3/c1-3-24-11-13-25(14-12-24)17-4-9-20(23-16-17)21(26)22-10-15-28-19-7-5-18(27-2)6-8-19/h4-9,16H,3,10-15H2,1-2H3,(H,22,26). The van der Waals surface area contributed by atoms with Crippen LogP contribution < -0.4 is 19.7 Å². The molecule has 7 heteroatoms. The lowest BCUT2D eigenvalue weighted by Gasteiger charge is -2.35. The highest BCUT2D eigenvalue weighted by Crippen LogP contribution is 2.17. The quantitative estimate of drug-likeness (QED) is 0.703. The average molecular weight is 384 g/mol. The molecule has 1 N–H and O–H groups in total. The maximum Gasteiger partial charge on any atom is 0.269 e. The lowest BCUT2D eigenvalue weighted by Crippen LogP contribution is -2.46. The van der Waals surface area contributed by atoms with Gasteiger partial charge >= 0.3 is 0 Å². The number of methoxy groups -OCH3 is 1. The Morgan fingerprint density at radius 2 is 1.79 bits per heavy atom. The summed E-state index contributed by atoms with van der Waals surface area (Å²) >= 11 is 0. The molecule has 1 aliphatic rings. The van der Waals surface area contributed by atoms with Gasteiger partial charge in [-0.3, -0.25) is 4.79 Å². The smallest absolute Gasteiger partial charge is 0.269 e. The summed E-state index contributed by atoms with van der Waals surface area (Å²) in [5.41, 5.74) is 1.48. The highest BCUT2D eigenvalue weighted by atomic mass is 16.5. The number of piperazine rings is 1. The molecule has 0 radical (unpaired) electrons. The molecule has 28 heavy (non-hydrogen) atoms. The SMILES string of the molecule is CCN1CCN(c2ccc(C(=O)NCCOc3ccc(OC)cc3)nc2)CC1. The number of nitrogens with zero attached hydrogens (tertiary/aromatic N) is 3. The summed E-state index contributed by atoms with van der Waals surface area (Å²) < 4.78 is 10.7. The van der Waals surface area contributed by atoms with E-state index in [4.69, 9.17) is 9.47 Å². The van der Waals surface area contributed by atoms with E-state index < -0.39 is 0 Å². The molecule has 1 aromatic heterocycles. The highest BCUT2D eigenvalue weighted by molar-refractivity contribution is 5.92. The maximum absolute atomic E-state index is 12.2. The van der Waals surface area contributed by atoms with E-state index in [0.717, 1.165) is 49.9 Å². The molecule has 0 aliphatic carbocycles. The Balaban J connectivity index is 1.41. The van der Waals surface area contributed by atoms with Crippen LogP contribution >= 0.6 is 0 Å². The van der Waals surface area contributed by atoms with Crippen LogP contribution in [-0.4, -0.2) is 68.8 Å². The van der Waals surface area contributed by atoms with Gasteiger partial charge in [0, 0.05) is 26.2 Å². The van der Waals surface area contributed by atoms with Crippen LogP contribution in [0.25, 0.3) is 0 Å². The second kappa shape index (κ2) is 9.94. The molecule has 0 atom stereocenters. The summed E-state index contributed by atoms with van der Waals surface area (Å²) in [6.45, 7) is 8.18. The van der Waals surface area contributed by atoms with E-state index in [2.05, 4.69) is 27.0 Å². The van der Waals surface area contributed by atoms with Crippen molar-refractivity contribution in [3.63, 3.8) is 0 Å². The zero-order valence-electron chi connectivity index (χ0n) is 16.6. The number of pyridine rings is 1. The van der Waals surface area contributed by atoms with Crippen molar-refractivity contribution in [3.05, 3.63) is 48.3 Å². The predicted molar refractivity (Wildman–Crippen MR) is 109 cm³/mol. The summed E-state index contributed by atoms with van der Waals surface area (Å²) in [7, 11) is 1.62. The number of anilines is 1. The Morgan fingerprint density at radius 3 is 2.39 bits per heavy atom. The maximum atomic E-state index is 12.2. The number of hydrogen-bond acceptors (Lipinski definition) is 6. The molecule has 0 spiro atoms. The molecule has 3 rings (SSSR count). The van der Waals surface area contributed by atoms with Gasteiger partial charge in [0.15, 0.2) is 0 Å². The van der Waals surface area contributed by atoms with E-state index in [1.807, 2.05) is 30.3 Å². The Bertz CT molecular complexity index is 741. The van der Waals surface area contributed by atoms with Gasteiger partial charge in [-0.05, 0) is 42.9 Å².